The first-order valence-corrected chi connectivity index (χ1v) is 11.3. The van der Waals surface area contributed by atoms with Gasteiger partial charge in [-0.05, 0) is 36.5 Å². The molecule has 0 unspecified atom stereocenters. The van der Waals surface area contributed by atoms with E-state index in [4.69, 9.17) is 5.14 Å². The van der Waals surface area contributed by atoms with Crippen LogP contribution in [0.4, 0.5) is 13.2 Å². The van der Waals surface area contributed by atoms with Crippen molar-refractivity contribution in [2.75, 3.05) is 19.6 Å². The number of hydrogen-bond acceptors (Lipinski definition) is 3. The highest BCUT2D eigenvalue weighted by Gasteiger charge is 2.44. The van der Waals surface area contributed by atoms with Crippen molar-refractivity contribution in [2.24, 2.45) is 5.14 Å². The molecule has 1 aliphatic rings. The lowest BCUT2D eigenvalue weighted by Crippen LogP contribution is -2.54. The first kappa shape index (κ1) is 23.2. The van der Waals surface area contributed by atoms with E-state index >= 15 is 0 Å². The van der Waals surface area contributed by atoms with Crippen molar-refractivity contribution >= 4 is 16.1 Å². The lowest BCUT2D eigenvalue weighted by molar-refractivity contribution is -0.137. The highest BCUT2D eigenvalue weighted by molar-refractivity contribution is 7.86. The molecule has 0 saturated carbocycles. The molecule has 1 fully saturated rings. The summed E-state index contributed by atoms with van der Waals surface area (Å²) in [7, 11) is -3.84. The molecular formula is C21H24F3N3O3S. The van der Waals surface area contributed by atoms with Crippen molar-refractivity contribution in [3.05, 3.63) is 71.3 Å². The maximum absolute atomic E-state index is 13.2. The van der Waals surface area contributed by atoms with Crippen molar-refractivity contribution in [1.29, 1.82) is 0 Å². The van der Waals surface area contributed by atoms with E-state index < -0.39 is 27.4 Å². The van der Waals surface area contributed by atoms with E-state index in [-0.39, 0.29) is 44.8 Å². The molecule has 3 N–H and O–H groups in total. The average molecular weight is 456 g/mol. The van der Waals surface area contributed by atoms with Crippen molar-refractivity contribution in [3.8, 4) is 0 Å². The van der Waals surface area contributed by atoms with Crippen LogP contribution in [0, 0.1) is 0 Å². The van der Waals surface area contributed by atoms with Crippen LogP contribution in [0.15, 0.2) is 54.6 Å². The third-order valence-corrected chi connectivity index (χ3v) is 6.74. The Hall–Kier alpha value is -2.43. The summed E-state index contributed by atoms with van der Waals surface area (Å²) in [6.45, 7) is 0.372. The summed E-state index contributed by atoms with van der Waals surface area (Å²) in [5.74, 6) is -0.278. The zero-order chi connectivity index (χ0) is 22.7. The molecule has 0 radical (unpaired) electrons. The number of nitrogens with two attached hydrogens (primary N) is 1. The number of carbonyl (C=O) groups excluding carboxylic acids is 1. The number of nitrogens with one attached hydrogen (secondary N) is 1. The molecule has 0 spiro atoms. The van der Waals surface area contributed by atoms with Gasteiger partial charge in [-0.3, -0.25) is 4.79 Å². The van der Waals surface area contributed by atoms with Crippen LogP contribution in [0.2, 0.25) is 0 Å². The first-order valence-electron chi connectivity index (χ1n) is 9.80. The number of hydrogen-bond donors (Lipinski definition) is 2. The lowest BCUT2D eigenvalue weighted by atomic mass is 9.72. The predicted octanol–water partition coefficient (Wildman–Crippen LogP) is 2.60. The number of halogens is 3. The maximum atomic E-state index is 13.2. The summed E-state index contributed by atoms with van der Waals surface area (Å²) in [6.07, 6.45) is -3.68. The Morgan fingerprint density at radius 2 is 1.71 bits per heavy atom. The topological polar surface area (TPSA) is 92.5 Å². The number of piperidine rings is 1. The second-order valence-electron chi connectivity index (χ2n) is 7.60. The van der Waals surface area contributed by atoms with Gasteiger partial charge in [0.2, 0.25) is 5.91 Å². The van der Waals surface area contributed by atoms with Crippen LogP contribution in [-0.2, 0) is 33.0 Å². The highest BCUT2D eigenvalue weighted by Crippen LogP contribution is 2.36. The minimum Gasteiger partial charge on any atom is -0.355 e. The summed E-state index contributed by atoms with van der Waals surface area (Å²) in [5, 5.41) is 8.05. The van der Waals surface area contributed by atoms with E-state index in [1.54, 1.807) is 18.2 Å². The molecule has 0 aliphatic carbocycles. The van der Waals surface area contributed by atoms with Gasteiger partial charge in [-0.1, -0.05) is 48.5 Å². The van der Waals surface area contributed by atoms with Crippen LogP contribution in [0.3, 0.4) is 0 Å². The van der Waals surface area contributed by atoms with Gasteiger partial charge in [-0.15, -0.1) is 0 Å². The van der Waals surface area contributed by atoms with Crippen LogP contribution in [0.5, 0.6) is 0 Å². The summed E-state index contributed by atoms with van der Waals surface area (Å²) in [6, 6.07) is 14.1. The van der Waals surface area contributed by atoms with Gasteiger partial charge >= 0.3 is 6.18 Å². The molecule has 31 heavy (non-hydrogen) atoms. The first-order chi connectivity index (χ1) is 14.5. The van der Waals surface area contributed by atoms with Crippen LogP contribution >= 0.6 is 0 Å². The van der Waals surface area contributed by atoms with E-state index in [1.165, 1.54) is 6.07 Å². The highest BCUT2D eigenvalue weighted by atomic mass is 32.2. The average Bonchev–Trinajstić information content (AvgIpc) is 2.73. The van der Waals surface area contributed by atoms with Gasteiger partial charge < -0.3 is 5.32 Å². The minimum absolute atomic E-state index is 0.106. The standard InChI is InChI=1S/C21H24F3N3O3S/c22-21(23,24)18-8-4-5-16(15-18)9-12-26-19(28)20(17-6-2-1-3-7-17)10-13-27(14-11-20)31(25,29)30/h1-8,15H,9-14H2,(H,26,28)(H2,25,29,30). The maximum Gasteiger partial charge on any atom is 0.416 e. The predicted molar refractivity (Wildman–Crippen MR) is 110 cm³/mol. The van der Waals surface area contributed by atoms with E-state index in [1.807, 2.05) is 18.2 Å². The molecule has 168 valence electrons. The zero-order valence-electron chi connectivity index (χ0n) is 16.7. The Bertz CT molecular complexity index is 1020. The molecule has 6 nitrogen and oxygen atoms in total. The molecule has 1 heterocycles. The number of alkyl halides is 3. The van der Waals surface area contributed by atoms with Gasteiger partial charge in [0.1, 0.15) is 0 Å². The minimum atomic E-state index is -4.42. The number of amides is 1. The van der Waals surface area contributed by atoms with Gasteiger partial charge in [0.15, 0.2) is 0 Å². The van der Waals surface area contributed by atoms with Gasteiger partial charge in [0.05, 0.1) is 11.0 Å². The molecule has 0 atom stereocenters. The Balaban J connectivity index is 1.72. The Kier molecular flexibility index (Phi) is 6.73. The van der Waals surface area contributed by atoms with E-state index in [9.17, 15) is 26.4 Å². The van der Waals surface area contributed by atoms with Gasteiger partial charge in [-0.25, -0.2) is 5.14 Å². The molecule has 1 amide bonds. The zero-order valence-corrected chi connectivity index (χ0v) is 17.5. The van der Waals surface area contributed by atoms with Crippen molar-refractivity contribution in [2.45, 2.75) is 30.9 Å². The second kappa shape index (κ2) is 8.97. The number of nitrogens with zero attached hydrogens (tertiary/aromatic N) is 1. The Morgan fingerprint density at radius 3 is 2.29 bits per heavy atom. The fourth-order valence-electron chi connectivity index (χ4n) is 3.92. The third-order valence-electron chi connectivity index (χ3n) is 5.65. The largest absolute Gasteiger partial charge is 0.416 e. The summed E-state index contributed by atoms with van der Waals surface area (Å²) < 4.78 is 63.1. The van der Waals surface area contributed by atoms with Crippen LogP contribution in [0.25, 0.3) is 0 Å². The van der Waals surface area contributed by atoms with E-state index in [0.29, 0.717) is 5.56 Å². The summed E-state index contributed by atoms with van der Waals surface area (Å²) in [4.78, 5) is 13.2. The molecule has 3 rings (SSSR count). The van der Waals surface area contributed by atoms with Gasteiger partial charge in [0, 0.05) is 19.6 Å². The van der Waals surface area contributed by atoms with Gasteiger partial charge in [0.25, 0.3) is 10.2 Å². The Labute approximate surface area is 179 Å². The van der Waals surface area contributed by atoms with Crippen LogP contribution in [-0.4, -0.2) is 38.3 Å². The second-order valence-corrected chi connectivity index (χ2v) is 9.14. The van der Waals surface area contributed by atoms with Crippen LogP contribution in [0.1, 0.15) is 29.5 Å². The van der Waals surface area contributed by atoms with E-state index in [2.05, 4.69) is 5.32 Å². The number of benzene rings is 2. The monoisotopic (exact) mass is 455 g/mol. The molecule has 1 aliphatic heterocycles. The van der Waals surface area contributed by atoms with Crippen molar-refractivity contribution in [1.82, 2.24) is 9.62 Å². The van der Waals surface area contributed by atoms with E-state index in [0.717, 1.165) is 22.0 Å². The number of carbonyl (C=O) groups is 1. The normalized spacial score (nSPS) is 17.3. The molecule has 2 aromatic rings. The quantitative estimate of drug-likeness (QED) is 0.701. The molecule has 2 aromatic carbocycles. The molecule has 0 bridgehead atoms. The van der Waals surface area contributed by atoms with Gasteiger partial charge in [-0.2, -0.15) is 25.9 Å². The molecule has 1 saturated heterocycles. The van der Waals surface area contributed by atoms with Crippen molar-refractivity contribution < 1.29 is 26.4 Å². The lowest BCUT2D eigenvalue weighted by Gasteiger charge is -2.40. The number of rotatable bonds is 6. The van der Waals surface area contributed by atoms with Crippen LogP contribution < -0.4 is 10.5 Å². The molecule has 0 aromatic heterocycles. The summed E-state index contributed by atoms with van der Waals surface area (Å²) in [5.41, 5.74) is -0.433. The Morgan fingerprint density at radius 1 is 1.06 bits per heavy atom. The SMILES string of the molecule is NS(=O)(=O)N1CCC(C(=O)NCCc2cccc(C(F)(F)F)c2)(c2ccccc2)CC1. The molecule has 10 heteroatoms. The molecular weight excluding hydrogens is 431 g/mol. The van der Waals surface area contributed by atoms with Crippen molar-refractivity contribution in [3.63, 3.8) is 0 Å². The fourth-order valence-corrected chi connectivity index (χ4v) is 4.61. The smallest absolute Gasteiger partial charge is 0.355 e. The summed E-state index contributed by atoms with van der Waals surface area (Å²) >= 11 is 0. The fraction of sp³-hybridized carbons (Fsp3) is 0.381. The third kappa shape index (κ3) is 5.44.